The van der Waals surface area contributed by atoms with Crippen LogP contribution in [0.1, 0.15) is 87.6 Å². The van der Waals surface area contributed by atoms with E-state index in [9.17, 15) is 4.79 Å². The van der Waals surface area contributed by atoms with Crippen molar-refractivity contribution in [1.82, 2.24) is 19.7 Å². The van der Waals surface area contributed by atoms with Gasteiger partial charge in [-0.05, 0) is 69.2 Å². The first kappa shape index (κ1) is 23.9. The van der Waals surface area contributed by atoms with E-state index >= 15 is 0 Å². The second-order valence-electron chi connectivity index (χ2n) is 11.6. The molecule has 1 saturated carbocycles. The molecule has 6 heteroatoms. The van der Waals surface area contributed by atoms with Gasteiger partial charge in [0.25, 0.3) is 0 Å². The van der Waals surface area contributed by atoms with Gasteiger partial charge in [0.2, 0.25) is 5.91 Å². The molecule has 0 spiro atoms. The quantitative estimate of drug-likeness (QED) is 0.555. The van der Waals surface area contributed by atoms with Crippen molar-refractivity contribution in [1.29, 1.82) is 0 Å². The third-order valence-corrected chi connectivity index (χ3v) is 7.10. The van der Waals surface area contributed by atoms with Crippen LogP contribution in [0.25, 0.3) is 0 Å². The summed E-state index contributed by atoms with van der Waals surface area (Å²) in [6.45, 7) is 12.6. The number of aryl methyl sites for hydroxylation is 3. The summed E-state index contributed by atoms with van der Waals surface area (Å²) in [5.41, 5.74) is 3.53. The molecule has 1 aromatic heterocycles. The number of likely N-dealkylation sites (tertiary alicyclic amines) is 1. The van der Waals surface area contributed by atoms with Gasteiger partial charge in [0, 0.05) is 37.2 Å². The smallest absolute Gasteiger partial charge is 0.229 e. The van der Waals surface area contributed by atoms with Crippen LogP contribution < -0.4 is 5.32 Å². The lowest BCUT2D eigenvalue weighted by Gasteiger charge is -2.20. The average Bonchev–Trinajstić information content (AvgIpc) is 3.37. The monoisotopic (exact) mass is 451 g/mol. The van der Waals surface area contributed by atoms with Crippen molar-refractivity contribution in [2.45, 2.75) is 85.1 Å². The Kier molecular flexibility index (Phi) is 6.94. The fraction of sp³-hybridized carbons (Fsp3) is 0.667. The Balaban J connectivity index is 1.51. The third kappa shape index (κ3) is 5.84. The normalized spacial score (nSPS) is 21.5. The van der Waals surface area contributed by atoms with Crippen LogP contribution in [0.2, 0.25) is 0 Å². The van der Waals surface area contributed by atoms with Crippen molar-refractivity contribution >= 4 is 11.6 Å². The Hall–Kier alpha value is -2.21. The van der Waals surface area contributed by atoms with Crippen molar-refractivity contribution in [3.8, 4) is 0 Å². The van der Waals surface area contributed by atoms with Crippen molar-refractivity contribution in [3.63, 3.8) is 0 Å². The van der Waals surface area contributed by atoms with Gasteiger partial charge in [-0.3, -0.25) is 4.79 Å². The van der Waals surface area contributed by atoms with Gasteiger partial charge in [-0.2, -0.15) is 0 Å². The van der Waals surface area contributed by atoms with Crippen LogP contribution >= 0.6 is 0 Å². The summed E-state index contributed by atoms with van der Waals surface area (Å²) in [5, 5.41) is 12.6. The third-order valence-electron chi connectivity index (χ3n) is 7.10. The molecule has 33 heavy (non-hydrogen) atoms. The fourth-order valence-electron chi connectivity index (χ4n) is 5.05. The van der Waals surface area contributed by atoms with Crippen molar-refractivity contribution in [2.75, 3.05) is 25.5 Å². The first-order valence-corrected chi connectivity index (χ1v) is 12.6. The molecule has 1 unspecified atom stereocenters. The number of benzene rings is 1. The Morgan fingerprint density at radius 3 is 2.58 bits per heavy atom. The predicted molar refractivity (Wildman–Crippen MR) is 134 cm³/mol. The van der Waals surface area contributed by atoms with Crippen molar-refractivity contribution < 1.29 is 4.79 Å². The first-order valence-electron chi connectivity index (χ1n) is 12.6. The van der Waals surface area contributed by atoms with Gasteiger partial charge in [-0.15, -0.1) is 10.2 Å². The highest BCUT2D eigenvalue weighted by Crippen LogP contribution is 2.41. The molecule has 4 rings (SSSR count). The maximum absolute atomic E-state index is 13.4. The van der Waals surface area contributed by atoms with Gasteiger partial charge in [-0.1, -0.05) is 39.3 Å². The van der Waals surface area contributed by atoms with Crippen LogP contribution in [0.3, 0.4) is 0 Å². The molecule has 2 aromatic rings. The molecule has 180 valence electrons. The van der Waals surface area contributed by atoms with Gasteiger partial charge < -0.3 is 14.8 Å². The highest BCUT2D eigenvalue weighted by Gasteiger charge is 2.42. The highest BCUT2D eigenvalue weighted by molar-refractivity contribution is 5.94. The highest BCUT2D eigenvalue weighted by atomic mass is 16.2. The SMILES string of the molecule is Cc1ccc(C)c(NC(=O)C2CN(C)C[C@@H]2c2nnc(CCCCC(C)(C)C)n2C2CC2)c1. The molecule has 2 aliphatic rings. The molecule has 0 radical (unpaired) electrons. The van der Waals surface area contributed by atoms with Gasteiger partial charge >= 0.3 is 0 Å². The van der Waals surface area contributed by atoms with Crippen LogP contribution in [-0.4, -0.2) is 45.7 Å². The molecular formula is C27H41N5O. The molecular weight excluding hydrogens is 410 g/mol. The van der Waals surface area contributed by atoms with E-state index in [1.54, 1.807) is 0 Å². The Morgan fingerprint density at radius 1 is 1.12 bits per heavy atom. The molecule has 1 aromatic carbocycles. The zero-order chi connectivity index (χ0) is 23.8. The lowest BCUT2D eigenvalue weighted by molar-refractivity contribution is -0.119. The minimum absolute atomic E-state index is 0.0801. The van der Waals surface area contributed by atoms with Crippen molar-refractivity contribution in [2.24, 2.45) is 11.3 Å². The number of amides is 1. The van der Waals surface area contributed by atoms with E-state index in [-0.39, 0.29) is 17.7 Å². The van der Waals surface area contributed by atoms with Gasteiger partial charge in [0.05, 0.1) is 5.92 Å². The van der Waals surface area contributed by atoms with Gasteiger partial charge in [0.1, 0.15) is 11.6 Å². The average molecular weight is 452 g/mol. The molecule has 2 heterocycles. The maximum atomic E-state index is 13.4. The van der Waals surface area contributed by atoms with E-state index in [0.29, 0.717) is 11.5 Å². The van der Waals surface area contributed by atoms with Crippen molar-refractivity contribution in [3.05, 3.63) is 41.0 Å². The van der Waals surface area contributed by atoms with Gasteiger partial charge in [0.15, 0.2) is 0 Å². The number of likely N-dealkylation sites (N-methyl/N-ethyl adjacent to an activating group) is 1. The lowest BCUT2D eigenvalue weighted by atomic mass is 9.89. The lowest BCUT2D eigenvalue weighted by Crippen LogP contribution is -2.29. The molecule has 1 aliphatic carbocycles. The van der Waals surface area contributed by atoms with Crippen LogP contribution in [0.4, 0.5) is 5.69 Å². The van der Waals surface area contributed by atoms with E-state index in [0.717, 1.165) is 54.4 Å². The first-order chi connectivity index (χ1) is 15.6. The van der Waals surface area contributed by atoms with Crippen LogP contribution in [0, 0.1) is 25.2 Å². The summed E-state index contributed by atoms with van der Waals surface area (Å²) in [6, 6.07) is 6.72. The summed E-state index contributed by atoms with van der Waals surface area (Å²) >= 11 is 0. The van der Waals surface area contributed by atoms with E-state index in [1.807, 2.05) is 6.92 Å². The number of carbonyl (C=O) groups is 1. The molecule has 0 bridgehead atoms. The van der Waals surface area contributed by atoms with Crippen LogP contribution in [-0.2, 0) is 11.2 Å². The molecule has 2 fully saturated rings. The molecule has 2 atom stereocenters. The molecule has 1 aliphatic heterocycles. The summed E-state index contributed by atoms with van der Waals surface area (Å²) < 4.78 is 2.40. The molecule has 6 nitrogen and oxygen atoms in total. The summed E-state index contributed by atoms with van der Waals surface area (Å²) in [6.07, 6.45) is 6.95. The second-order valence-corrected chi connectivity index (χ2v) is 11.6. The number of unbranched alkanes of at least 4 members (excludes halogenated alkanes) is 1. The topological polar surface area (TPSA) is 63.1 Å². The number of carbonyl (C=O) groups excluding carboxylic acids is 1. The molecule has 1 saturated heterocycles. The minimum Gasteiger partial charge on any atom is -0.326 e. The van der Waals surface area contributed by atoms with Crippen LogP contribution in [0.15, 0.2) is 18.2 Å². The standard InChI is InChI=1S/C27H41N5O/c1-18-10-11-19(2)23(15-18)28-26(33)22-17-31(6)16-21(22)25-30-29-24(32(25)20-12-13-20)9-7-8-14-27(3,4)5/h10-11,15,20-22H,7-9,12-14,16-17H2,1-6H3,(H,28,33)/t21-,22?/m0/s1. The molecule has 1 amide bonds. The number of nitrogens with zero attached hydrogens (tertiary/aromatic N) is 4. The zero-order valence-corrected chi connectivity index (χ0v) is 21.3. The number of hydrogen-bond donors (Lipinski definition) is 1. The van der Waals surface area contributed by atoms with E-state index in [1.165, 1.54) is 25.7 Å². The maximum Gasteiger partial charge on any atom is 0.229 e. The summed E-state index contributed by atoms with van der Waals surface area (Å²) in [7, 11) is 2.10. The minimum atomic E-state index is -0.120. The van der Waals surface area contributed by atoms with Gasteiger partial charge in [-0.25, -0.2) is 0 Å². The zero-order valence-electron chi connectivity index (χ0n) is 21.3. The predicted octanol–water partition coefficient (Wildman–Crippen LogP) is 5.27. The number of hydrogen-bond acceptors (Lipinski definition) is 4. The number of rotatable bonds is 8. The van der Waals surface area contributed by atoms with E-state index in [2.05, 4.69) is 72.8 Å². The van der Waals surface area contributed by atoms with E-state index < -0.39 is 0 Å². The summed E-state index contributed by atoms with van der Waals surface area (Å²) in [4.78, 5) is 15.7. The largest absolute Gasteiger partial charge is 0.326 e. The Morgan fingerprint density at radius 2 is 1.88 bits per heavy atom. The Labute approximate surface area is 199 Å². The summed E-state index contributed by atoms with van der Waals surface area (Å²) in [5.74, 6) is 2.19. The number of anilines is 1. The molecule has 1 N–H and O–H groups in total. The van der Waals surface area contributed by atoms with E-state index in [4.69, 9.17) is 5.10 Å². The second kappa shape index (κ2) is 9.57. The Bertz CT molecular complexity index is 985. The number of nitrogens with one attached hydrogen (secondary N) is 1. The number of aromatic nitrogens is 3. The van der Waals surface area contributed by atoms with Crippen LogP contribution in [0.5, 0.6) is 0 Å². The fourth-order valence-corrected chi connectivity index (χ4v) is 5.05.